The predicted octanol–water partition coefficient (Wildman–Crippen LogP) is 4.10. The van der Waals surface area contributed by atoms with Crippen molar-refractivity contribution in [1.82, 2.24) is 4.98 Å². The van der Waals surface area contributed by atoms with Crippen LogP contribution >= 0.6 is 0 Å². The lowest BCUT2D eigenvalue weighted by Gasteiger charge is -2.40. The Morgan fingerprint density at radius 2 is 1.61 bits per heavy atom. The fourth-order valence-corrected chi connectivity index (χ4v) is 4.94. The number of anilines is 1. The second kappa shape index (κ2) is 8.47. The zero-order valence-corrected chi connectivity index (χ0v) is 18.0. The van der Waals surface area contributed by atoms with Gasteiger partial charge in [0.2, 0.25) is 11.8 Å². The van der Waals surface area contributed by atoms with E-state index in [9.17, 15) is 14.4 Å². The smallest absolute Gasteiger partial charge is 0.248 e. The molecule has 6 nitrogen and oxygen atoms in total. The fraction of sp³-hybridized carbons (Fsp3) is 0.185. The molecule has 33 heavy (non-hydrogen) atoms. The average molecular weight is 437 g/mol. The maximum atomic E-state index is 13.5. The lowest BCUT2D eigenvalue weighted by molar-refractivity contribution is -0.120. The van der Waals surface area contributed by atoms with E-state index in [0.29, 0.717) is 29.7 Å². The number of benzene rings is 2. The highest BCUT2D eigenvalue weighted by Crippen LogP contribution is 2.46. The molecule has 164 valence electrons. The molecule has 0 radical (unpaired) electrons. The molecule has 2 unspecified atom stereocenters. The van der Waals surface area contributed by atoms with Gasteiger partial charge in [-0.2, -0.15) is 0 Å². The summed E-state index contributed by atoms with van der Waals surface area (Å²) in [4.78, 5) is 44.4. The Hall–Kier alpha value is -4.06. The van der Waals surface area contributed by atoms with Crippen molar-refractivity contribution in [3.05, 3.63) is 107 Å². The van der Waals surface area contributed by atoms with Crippen molar-refractivity contribution in [2.45, 2.75) is 31.1 Å². The Bertz CT molecular complexity index is 1250. The number of Topliss-reactive ketones (excluding diaryl/α,β-unsaturated/α-hetero) is 1. The van der Waals surface area contributed by atoms with Crippen molar-refractivity contribution in [3.8, 4) is 0 Å². The maximum absolute atomic E-state index is 13.5. The number of hydrogen-bond donors (Lipinski definition) is 1. The number of carbonyl (C=O) groups excluding carboxylic acids is 3. The standard InChI is InChI=1S/C27H23N3O3/c28-27(33)18-8-10-21(11-9-18)30-23-13-20(17-5-2-1-3-6-17)14-24(31)26(23)22(15-25(30)32)19-7-4-12-29-16-19/h1-12,16,20,22H,13-15H2,(H2,28,33). The van der Waals surface area contributed by atoms with E-state index in [1.165, 1.54) is 0 Å². The molecule has 2 amide bonds. The number of ketones is 1. The number of nitrogens with zero attached hydrogens (tertiary/aromatic N) is 2. The van der Waals surface area contributed by atoms with Crippen LogP contribution in [-0.2, 0) is 9.59 Å². The third-order valence-electron chi connectivity index (χ3n) is 6.50. The van der Waals surface area contributed by atoms with Gasteiger partial charge in [-0.05, 0) is 53.8 Å². The van der Waals surface area contributed by atoms with Gasteiger partial charge in [0, 0.05) is 53.7 Å². The van der Waals surface area contributed by atoms with Crippen molar-refractivity contribution in [2.75, 3.05) is 4.90 Å². The Kier molecular flexibility index (Phi) is 5.34. The summed E-state index contributed by atoms with van der Waals surface area (Å²) in [6.07, 6.45) is 4.58. The fourth-order valence-electron chi connectivity index (χ4n) is 4.94. The Morgan fingerprint density at radius 1 is 0.879 bits per heavy atom. The number of nitrogens with two attached hydrogens (primary N) is 1. The zero-order chi connectivity index (χ0) is 22.9. The zero-order valence-electron chi connectivity index (χ0n) is 18.0. The van der Waals surface area contributed by atoms with E-state index in [1.807, 2.05) is 42.5 Å². The van der Waals surface area contributed by atoms with Crippen LogP contribution in [0.4, 0.5) is 5.69 Å². The van der Waals surface area contributed by atoms with Crippen LogP contribution in [0, 0.1) is 0 Å². The summed E-state index contributed by atoms with van der Waals surface area (Å²) in [6, 6.07) is 20.3. The van der Waals surface area contributed by atoms with Gasteiger partial charge in [-0.15, -0.1) is 0 Å². The first-order valence-electron chi connectivity index (χ1n) is 11.0. The highest BCUT2D eigenvalue weighted by atomic mass is 16.2. The van der Waals surface area contributed by atoms with E-state index >= 15 is 0 Å². The van der Waals surface area contributed by atoms with Crippen LogP contribution in [0.3, 0.4) is 0 Å². The molecule has 3 aromatic rings. The molecule has 0 saturated carbocycles. The summed E-state index contributed by atoms with van der Waals surface area (Å²) in [7, 11) is 0. The number of hydrogen-bond acceptors (Lipinski definition) is 4. The Balaban J connectivity index is 1.63. The van der Waals surface area contributed by atoms with Crippen LogP contribution in [0.25, 0.3) is 0 Å². The van der Waals surface area contributed by atoms with Crippen LogP contribution in [0.2, 0.25) is 0 Å². The second-order valence-electron chi connectivity index (χ2n) is 8.48. The molecule has 1 aromatic heterocycles. The molecule has 2 aliphatic rings. The minimum atomic E-state index is -0.528. The molecule has 0 spiro atoms. The topological polar surface area (TPSA) is 93.4 Å². The third-order valence-corrected chi connectivity index (χ3v) is 6.50. The predicted molar refractivity (Wildman–Crippen MR) is 124 cm³/mol. The van der Waals surface area contributed by atoms with E-state index in [2.05, 4.69) is 4.98 Å². The maximum Gasteiger partial charge on any atom is 0.248 e. The largest absolute Gasteiger partial charge is 0.366 e. The lowest BCUT2D eigenvalue weighted by atomic mass is 9.73. The third kappa shape index (κ3) is 3.84. The summed E-state index contributed by atoms with van der Waals surface area (Å²) in [5.74, 6) is -0.877. The van der Waals surface area contributed by atoms with E-state index in [1.54, 1.807) is 41.6 Å². The van der Waals surface area contributed by atoms with Gasteiger partial charge in [0.15, 0.2) is 5.78 Å². The van der Waals surface area contributed by atoms with Crippen LogP contribution < -0.4 is 10.6 Å². The molecule has 6 heteroatoms. The van der Waals surface area contributed by atoms with Crippen LogP contribution in [-0.4, -0.2) is 22.6 Å². The van der Waals surface area contributed by atoms with Gasteiger partial charge < -0.3 is 5.73 Å². The number of allylic oxidation sites excluding steroid dienone is 2. The molecule has 2 heterocycles. The SMILES string of the molecule is NC(=O)c1ccc(N2C(=O)CC(c3cccnc3)C3=C2CC(c2ccccc2)CC3=O)cc1. The second-order valence-corrected chi connectivity index (χ2v) is 8.48. The number of amides is 2. The number of pyridine rings is 1. The first-order chi connectivity index (χ1) is 16.0. The normalized spacial score (nSPS) is 20.5. The molecule has 0 saturated heterocycles. The highest BCUT2D eigenvalue weighted by Gasteiger charge is 2.42. The molecular formula is C27H23N3O3. The highest BCUT2D eigenvalue weighted by molar-refractivity contribution is 6.08. The van der Waals surface area contributed by atoms with Gasteiger partial charge in [0.05, 0.1) is 0 Å². The van der Waals surface area contributed by atoms with Gasteiger partial charge in [-0.1, -0.05) is 36.4 Å². The summed E-state index contributed by atoms with van der Waals surface area (Å²) >= 11 is 0. The molecule has 2 N–H and O–H groups in total. The van der Waals surface area contributed by atoms with Gasteiger partial charge in [0.1, 0.15) is 0 Å². The van der Waals surface area contributed by atoms with Crippen LogP contribution in [0.15, 0.2) is 90.4 Å². The quantitative estimate of drug-likeness (QED) is 0.665. The van der Waals surface area contributed by atoms with Gasteiger partial charge in [0.25, 0.3) is 0 Å². The van der Waals surface area contributed by atoms with Crippen molar-refractivity contribution < 1.29 is 14.4 Å². The van der Waals surface area contributed by atoms with Crippen molar-refractivity contribution in [3.63, 3.8) is 0 Å². The molecular weight excluding hydrogens is 414 g/mol. The number of carbonyl (C=O) groups is 3. The summed E-state index contributed by atoms with van der Waals surface area (Å²) in [5.41, 5.74) is 9.75. The minimum Gasteiger partial charge on any atom is -0.366 e. The van der Waals surface area contributed by atoms with Crippen molar-refractivity contribution >= 4 is 23.3 Å². The van der Waals surface area contributed by atoms with E-state index in [-0.39, 0.29) is 29.9 Å². The molecule has 1 aliphatic carbocycles. The van der Waals surface area contributed by atoms with E-state index < -0.39 is 5.91 Å². The van der Waals surface area contributed by atoms with E-state index in [4.69, 9.17) is 5.73 Å². The monoisotopic (exact) mass is 437 g/mol. The van der Waals surface area contributed by atoms with Crippen molar-refractivity contribution in [2.24, 2.45) is 5.73 Å². The van der Waals surface area contributed by atoms with Gasteiger partial charge >= 0.3 is 0 Å². The molecule has 5 rings (SSSR count). The molecule has 2 atom stereocenters. The minimum absolute atomic E-state index is 0.00899. The first kappa shape index (κ1) is 20.8. The number of aromatic nitrogens is 1. The lowest BCUT2D eigenvalue weighted by Crippen LogP contribution is -2.41. The van der Waals surface area contributed by atoms with E-state index in [0.717, 1.165) is 16.8 Å². The number of primary amides is 1. The summed E-state index contributed by atoms with van der Waals surface area (Å²) < 4.78 is 0. The molecule has 0 fully saturated rings. The Labute approximate surface area is 191 Å². The van der Waals surface area contributed by atoms with Crippen LogP contribution in [0.5, 0.6) is 0 Å². The first-order valence-corrected chi connectivity index (χ1v) is 11.0. The van der Waals surface area contributed by atoms with Gasteiger partial charge in [-0.25, -0.2) is 0 Å². The molecule has 1 aliphatic heterocycles. The number of rotatable bonds is 4. The van der Waals surface area contributed by atoms with Gasteiger partial charge in [-0.3, -0.25) is 24.3 Å². The van der Waals surface area contributed by atoms with Crippen LogP contribution in [0.1, 0.15) is 52.6 Å². The molecule has 0 bridgehead atoms. The Morgan fingerprint density at radius 3 is 2.27 bits per heavy atom. The molecule has 2 aromatic carbocycles. The summed E-state index contributed by atoms with van der Waals surface area (Å²) in [5, 5.41) is 0. The van der Waals surface area contributed by atoms with Crippen molar-refractivity contribution in [1.29, 1.82) is 0 Å². The summed E-state index contributed by atoms with van der Waals surface area (Å²) in [6.45, 7) is 0. The average Bonchev–Trinajstić information content (AvgIpc) is 2.84.